The van der Waals surface area contributed by atoms with Gasteiger partial charge >= 0.3 is 0 Å². The number of rotatable bonds is 5. The maximum Gasteiger partial charge on any atom is 0.236 e. The molecule has 88 valence electrons. The SMILES string of the molecule is CN(CC(C)(C)C)C(=O)CNCC1CC1. The summed E-state index contributed by atoms with van der Waals surface area (Å²) in [5.74, 6) is 1.04. The van der Waals surface area contributed by atoms with Crippen molar-refractivity contribution in [2.75, 3.05) is 26.7 Å². The first-order chi connectivity index (χ1) is 6.88. The van der Waals surface area contributed by atoms with Gasteiger partial charge in [0.2, 0.25) is 5.91 Å². The predicted octanol–water partition coefficient (Wildman–Crippen LogP) is 1.49. The van der Waals surface area contributed by atoms with Gasteiger partial charge in [-0.15, -0.1) is 0 Å². The second-order valence-electron chi connectivity index (χ2n) is 5.88. The molecule has 0 aromatic rings. The highest BCUT2D eigenvalue weighted by atomic mass is 16.2. The van der Waals surface area contributed by atoms with E-state index in [1.807, 2.05) is 11.9 Å². The summed E-state index contributed by atoms with van der Waals surface area (Å²) in [4.78, 5) is 13.5. The van der Waals surface area contributed by atoms with Crippen LogP contribution in [-0.4, -0.2) is 37.5 Å². The van der Waals surface area contributed by atoms with E-state index in [0.29, 0.717) is 6.54 Å². The van der Waals surface area contributed by atoms with Gasteiger partial charge in [-0.25, -0.2) is 0 Å². The van der Waals surface area contributed by atoms with Crippen LogP contribution in [-0.2, 0) is 4.79 Å². The molecule has 1 rings (SSSR count). The topological polar surface area (TPSA) is 32.3 Å². The molecule has 1 aliphatic carbocycles. The van der Waals surface area contributed by atoms with E-state index < -0.39 is 0 Å². The molecule has 0 aromatic carbocycles. The predicted molar refractivity (Wildman–Crippen MR) is 62.7 cm³/mol. The summed E-state index contributed by atoms with van der Waals surface area (Å²) in [7, 11) is 1.88. The van der Waals surface area contributed by atoms with Crippen LogP contribution in [0.15, 0.2) is 0 Å². The standard InChI is InChI=1S/C12H24N2O/c1-12(2,3)9-14(4)11(15)8-13-7-10-5-6-10/h10,13H,5-9H2,1-4H3. The lowest BCUT2D eigenvalue weighted by Gasteiger charge is -2.26. The Bertz CT molecular complexity index is 216. The number of carbonyl (C=O) groups excluding carboxylic acids is 1. The third kappa shape index (κ3) is 5.78. The molecule has 0 atom stereocenters. The molecular formula is C12H24N2O. The largest absolute Gasteiger partial charge is 0.344 e. The van der Waals surface area contributed by atoms with Gasteiger partial charge in [-0.1, -0.05) is 20.8 Å². The van der Waals surface area contributed by atoms with Crippen LogP contribution in [0.3, 0.4) is 0 Å². The zero-order valence-corrected chi connectivity index (χ0v) is 10.5. The number of hydrogen-bond donors (Lipinski definition) is 1. The second-order valence-corrected chi connectivity index (χ2v) is 5.88. The molecule has 0 unspecified atom stereocenters. The molecule has 0 radical (unpaired) electrons. The summed E-state index contributed by atoms with van der Waals surface area (Å²) < 4.78 is 0. The van der Waals surface area contributed by atoms with Gasteiger partial charge in [0.25, 0.3) is 0 Å². The summed E-state index contributed by atoms with van der Waals surface area (Å²) in [6.07, 6.45) is 2.66. The highest BCUT2D eigenvalue weighted by molar-refractivity contribution is 5.77. The molecule has 0 saturated heterocycles. The Hall–Kier alpha value is -0.570. The van der Waals surface area contributed by atoms with Crippen molar-refractivity contribution in [3.8, 4) is 0 Å². The van der Waals surface area contributed by atoms with Crippen LogP contribution < -0.4 is 5.32 Å². The number of nitrogens with zero attached hydrogens (tertiary/aromatic N) is 1. The molecule has 0 aliphatic heterocycles. The van der Waals surface area contributed by atoms with E-state index in [9.17, 15) is 4.79 Å². The number of likely N-dealkylation sites (N-methyl/N-ethyl adjacent to an activating group) is 1. The Morgan fingerprint density at radius 3 is 2.47 bits per heavy atom. The molecule has 3 nitrogen and oxygen atoms in total. The quantitative estimate of drug-likeness (QED) is 0.749. The Morgan fingerprint density at radius 1 is 1.40 bits per heavy atom. The minimum Gasteiger partial charge on any atom is -0.344 e. The normalized spacial score (nSPS) is 16.5. The maximum atomic E-state index is 11.7. The summed E-state index contributed by atoms with van der Waals surface area (Å²) >= 11 is 0. The van der Waals surface area contributed by atoms with Crippen molar-refractivity contribution in [2.45, 2.75) is 33.6 Å². The lowest BCUT2D eigenvalue weighted by atomic mass is 9.96. The molecular weight excluding hydrogens is 188 g/mol. The molecule has 1 saturated carbocycles. The number of nitrogens with one attached hydrogen (secondary N) is 1. The number of carbonyl (C=O) groups is 1. The molecule has 1 aliphatic rings. The molecule has 0 bridgehead atoms. The minimum absolute atomic E-state index is 0.181. The van der Waals surface area contributed by atoms with Gasteiger partial charge in [0.1, 0.15) is 0 Å². The summed E-state index contributed by atoms with van der Waals surface area (Å²) in [5.41, 5.74) is 0.181. The fraction of sp³-hybridized carbons (Fsp3) is 0.917. The van der Waals surface area contributed by atoms with Crippen LogP contribution in [0.25, 0.3) is 0 Å². The van der Waals surface area contributed by atoms with E-state index in [1.165, 1.54) is 12.8 Å². The van der Waals surface area contributed by atoms with Gasteiger partial charge in [0.05, 0.1) is 6.54 Å². The molecule has 0 aromatic heterocycles. The van der Waals surface area contributed by atoms with Gasteiger partial charge in [-0.05, 0) is 30.7 Å². The van der Waals surface area contributed by atoms with E-state index in [1.54, 1.807) is 0 Å². The van der Waals surface area contributed by atoms with Crippen molar-refractivity contribution < 1.29 is 4.79 Å². The monoisotopic (exact) mass is 212 g/mol. The molecule has 1 fully saturated rings. The van der Waals surface area contributed by atoms with Crippen molar-refractivity contribution in [1.29, 1.82) is 0 Å². The van der Waals surface area contributed by atoms with Gasteiger partial charge in [-0.2, -0.15) is 0 Å². The molecule has 0 heterocycles. The van der Waals surface area contributed by atoms with Crippen molar-refractivity contribution in [1.82, 2.24) is 10.2 Å². The van der Waals surface area contributed by atoms with Crippen LogP contribution in [0, 0.1) is 11.3 Å². The fourth-order valence-corrected chi connectivity index (χ4v) is 1.64. The van der Waals surface area contributed by atoms with E-state index in [4.69, 9.17) is 0 Å². The zero-order chi connectivity index (χ0) is 11.5. The third-order valence-electron chi connectivity index (χ3n) is 2.54. The van der Waals surface area contributed by atoms with Gasteiger partial charge < -0.3 is 10.2 Å². The van der Waals surface area contributed by atoms with Gasteiger partial charge in [0, 0.05) is 13.6 Å². The average Bonchev–Trinajstić information content (AvgIpc) is 2.84. The van der Waals surface area contributed by atoms with Gasteiger partial charge in [-0.3, -0.25) is 4.79 Å². The highest BCUT2D eigenvalue weighted by Crippen LogP contribution is 2.27. The number of hydrogen-bond acceptors (Lipinski definition) is 2. The lowest BCUT2D eigenvalue weighted by molar-refractivity contribution is -0.130. The van der Waals surface area contributed by atoms with E-state index >= 15 is 0 Å². The molecule has 0 spiro atoms. The van der Waals surface area contributed by atoms with E-state index in [2.05, 4.69) is 26.1 Å². The highest BCUT2D eigenvalue weighted by Gasteiger charge is 2.21. The van der Waals surface area contributed by atoms with Crippen molar-refractivity contribution >= 4 is 5.91 Å². The second kappa shape index (κ2) is 4.97. The average molecular weight is 212 g/mol. The van der Waals surface area contributed by atoms with Crippen LogP contribution in [0.4, 0.5) is 0 Å². The molecule has 15 heavy (non-hydrogen) atoms. The maximum absolute atomic E-state index is 11.7. The van der Waals surface area contributed by atoms with Gasteiger partial charge in [0.15, 0.2) is 0 Å². The third-order valence-corrected chi connectivity index (χ3v) is 2.54. The molecule has 1 N–H and O–H groups in total. The zero-order valence-electron chi connectivity index (χ0n) is 10.5. The van der Waals surface area contributed by atoms with Crippen LogP contribution in [0.5, 0.6) is 0 Å². The Kier molecular flexibility index (Phi) is 4.14. The van der Waals surface area contributed by atoms with E-state index in [0.717, 1.165) is 19.0 Å². The molecule has 3 heteroatoms. The lowest BCUT2D eigenvalue weighted by Crippen LogP contribution is -2.40. The number of amides is 1. The first-order valence-corrected chi connectivity index (χ1v) is 5.83. The van der Waals surface area contributed by atoms with Crippen LogP contribution in [0.1, 0.15) is 33.6 Å². The van der Waals surface area contributed by atoms with Crippen LogP contribution in [0.2, 0.25) is 0 Å². The first-order valence-electron chi connectivity index (χ1n) is 5.83. The van der Waals surface area contributed by atoms with Crippen molar-refractivity contribution in [3.05, 3.63) is 0 Å². The summed E-state index contributed by atoms with van der Waals surface area (Å²) in [5, 5.41) is 3.22. The van der Waals surface area contributed by atoms with Crippen LogP contribution >= 0.6 is 0 Å². The van der Waals surface area contributed by atoms with Crippen molar-refractivity contribution in [3.63, 3.8) is 0 Å². The minimum atomic E-state index is 0.181. The van der Waals surface area contributed by atoms with E-state index in [-0.39, 0.29) is 11.3 Å². The Labute approximate surface area is 93.2 Å². The van der Waals surface area contributed by atoms with Crippen molar-refractivity contribution in [2.24, 2.45) is 11.3 Å². The first kappa shape index (κ1) is 12.5. The smallest absolute Gasteiger partial charge is 0.236 e. The molecule has 1 amide bonds. The fourth-order valence-electron chi connectivity index (χ4n) is 1.64. The Morgan fingerprint density at radius 2 is 2.00 bits per heavy atom. The Balaban J connectivity index is 2.13. The summed E-state index contributed by atoms with van der Waals surface area (Å²) in [6.45, 7) is 8.76. The summed E-state index contributed by atoms with van der Waals surface area (Å²) in [6, 6.07) is 0.